The van der Waals surface area contributed by atoms with Crippen LogP contribution in [-0.4, -0.2) is 18.2 Å². The van der Waals surface area contributed by atoms with Gasteiger partial charge < -0.3 is 24.7 Å². The lowest BCUT2D eigenvalue weighted by atomic mass is 9.86. The Labute approximate surface area is 147 Å². The van der Waals surface area contributed by atoms with Crippen LogP contribution in [0, 0.1) is 0 Å². The Morgan fingerprint density at radius 1 is 1.40 bits per heavy atom. The molecule has 1 aliphatic rings. The van der Waals surface area contributed by atoms with E-state index in [1.54, 1.807) is 24.3 Å². The first-order valence-electron chi connectivity index (χ1n) is 7.26. The molecule has 130 valence electrons. The summed E-state index contributed by atoms with van der Waals surface area (Å²) in [6, 6.07) is 7.83. The van der Waals surface area contributed by atoms with Gasteiger partial charge in [-0.25, -0.2) is 4.79 Å². The average molecular weight is 364 g/mol. The number of hydrogen-bond donors (Lipinski definition) is 2. The number of nitrogens with two attached hydrogens (primary N) is 1. The Hall–Kier alpha value is -2.77. The van der Waals surface area contributed by atoms with Crippen LogP contribution >= 0.6 is 11.6 Å². The summed E-state index contributed by atoms with van der Waals surface area (Å²) in [5.41, 5.74) is 5.78. The quantitative estimate of drug-likeness (QED) is 0.797. The largest absolute Gasteiger partial charge is 0.465 e. The molecular formula is C17H14ClNO6. The highest BCUT2D eigenvalue weighted by Gasteiger charge is 2.39. The molecule has 0 spiro atoms. The molecule has 8 heteroatoms. The maximum Gasteiger partial charge on any atom is 0.340 e. The monoisotopic (exact) mass is 363 g/mol. The van der Waals surface area contributed by atoms with Gasteiger partial charge in [0, 0.05) is 11.1 Å². The van der Waals surface area contributed by atoms with E-state index in [4.69, 9.17) is 31.2 Å². The van der Waals surface area contributed by atoms with Gasteiger partial charge in [0.1, 0.15) is 17.9 Å². The van der Waals surface area contributed by atoms with Gasteiger partial charge in [-0.15, -0.1) is 0 Å². The summed E-state index contributed by atoms with van der Waals surface area (Å²) in [5.74, 6) is -2.04. The van der Waals surface area contributed by atoms with Crippen LogP contribution < -0.4 is 15.9 Å². The molecule has 3 N–H and O–H groups in total. The second kappa shape index (κ2) is 6.62. The normalized spacial score (nSPS) is 16.2. The predicted octanol–water partition coefficient (Wildman–Crippen LogP) is 1.65. The standard InChI is InChI=1S/C17H14ClNO6/c1-23-17(22)13-12(9-4-2-3-5-10(9)18)15-14(25-16(13)19)11(21)6-8(7-20)24-15/h2-6,12,20H,7,19H2,1H3/t12-/m0/s1. The zero-order valence-electron chi connectivity index (χ0n) is 13.1. The molecule has 7 nitrogen and oxygen atoms in total. The van der Waals surface area contributed by atoms with Gasteiger partial charge in [0.05, 0.1) is 13.0 Å². The molecule has 0 fully saturated rings. The summed E-state index contributed by atoms with van der Waals surface area (Å²) in [7, 11) is 1.20. The molecule has 0 bridgehead atoms. The van der Waals surface area contributed by atoms with Crippen molar-refractivity contribution in [2.75, 3.05) is 7.11 Å². The summed E-state index contributed by atoms with van der Waals surface area (Å²) in [5, 5.41) is 9.66. The number of carbonyl (C=O) groups is 1. The van der Waals surface area contributed by atoms with E-state index in [1.807, 2.05) is 0 Å². The van der Waals surface area contributed by atoms with Crippen LogP contribution in [0.25, 0.3) is 0 Å². The lowest BCUT2D eigenvalue weighted by molar-refractivity contribution is -0.136. The van der Waals surface area contributed by atoms with Crippen molar-refractivity contribution in [1.82, 2.24) is 0 Å². The third kappa shape index (κ3) is 2.88. The molecule has 1 aromatic heterocycles. The first kappa shape index (κ1) is 17.1. The number of carbonyl (C=O) groups excluding carboxylic acids is 1. The molecular weight excluding hydrogens is 350 g/mol. The van der Waals surface area contributed by atoms with Crippen LogP contribution in [0.3, 0.4) is 0 Å². The second-order valence-corrected chi connectivity index (χ2v) is 5.66. The minimum atomic E-state index is -0.913. The summed E-state index contributed by atoms with van der Waals surface area (Å²) >= 11 is 6.27. The zero-order chi connectivity index (χ0) is 18.1. The second-order valence-electron chi connectivity index (χ2n) is 5.25. The summed E-state index contributed by atoms with van der Waals surface area (Å²) in [6.45, 7) is -0.496. The van der Waals surface area contributed by atoms with E-state index in [0.29, 0.717) is 10.6 Å². The number of ether oxygens (including phenoxy) is 2. The van der Waals surface area contributed by atoms with E-state index in [0.717, 1.165) is 6.07 Å². The van der Waals surface area contributed by atoms with Crippen LogP contribution in [0.15, 0.2) is 51.0 Å². The molecule has 0 unspecified atom stereocenters. The van der Waals surface area contributed by atoms with Gasteiger partial charge in [-0.1, -0.05) is 29.8 Å². The number of esters is 1. The van der Waals surface area contributed by atoms with Crippen molar-refractivity contribution in [2.24, 2.45) is 5.73 Å². The van der Waals surface area contributed by atoms with Crippen molar-refractivity contribution in [3.63, 3.8) is 0 Å². The number of aliphatic hydroxyl groups excluding tert-OH is 1. The van der Waals surface area contributed by atoms with Gasteiger partial charge in [0.25, 0.3) is 0 Å². The topological polar surface area (TPSA) is 112 Å². The summed E-state index contributed by atoms with van der Waals surface area (Å²) < 4.78 is 15.7. The van der Waals surface area contributed by atoms with E-state index in [-0.39, 0.29) is 28.7 Å². The minimum Gasteiger partial charge on any atom is -0.465 e. The molecule has 0 aliphatic carbocycles. The Morgan fingerprint density at radius 2 is 2.12 bits per heavy atom. The Kier molecular flexibility index (Phi) is 4.52. The van der Waals surface area contributed by atoms with Crippen LogP contribution in [-0.2, 0) is 16.1 Å². The van der Waals surface area contributed by atoms with Gasteiger partial charge in [0.2, 0.25) is 17.1 Å². The van der Waals surface area contributed by atoms with Crippen molar-refractivity contribution < 1.29 is 23.8 Å². The molecule has 25 heavy (non-hydrogen) atoms. The third-order valence-electron chi connectivity index (χ3n) is 3.79. The first-order valence-corrected chi connectivity index (χ1v) is 7.63. The average Bonchev–Trinajstić information content (AvgIpc) is 2.61. The fourth-order valence-electron chi connectivity index (χ4n) is 2.69. The highest BCUT2D eigenvalue weighted by molar-refractivity contribution is 6.31. The van der Waals surface area contributed by atoms with Crippen LogP contribution in [0.2, 0.25) is 5.02 Å². The highest BCUT2D eigenvalue weighted by Crippen LogP contribution is 2.43. The first-order chi connectivity index (χ1) is 12.0. The van der Waals surface area contributed by atoms with Gasteiger partial charge in [0.15, 0.2) is 5.76 Å². The molecule has 0 saturated heterocycles. The molecule has 3 rings (SSSR count). The Morgan fingerprint density at radius 3 is 2.76 bits per heavy atom. The fraction of sp³-hybridized carbons (Fsp3) is 0.176. The van der Waals surface area contributed by atoms with E-state index in [2.05, 4.69) is 0 Å². The van der Waals surface area contributed by atoms with Crippen molar-refractivity contribution in [3.05, 3.63) is 74.1 Å². The summed E-state index contributed by atoms with van der Waals surface area (Å²) in [6.07, 6.45) is 0. The fourth-order valence-corrected chi connectivity index (χ4v) is 2.94. The van der Waals surface area contributed by atoms with Crippen molar-refractivity contribution >= 4 is 17.6 Å². The van der Waals surface area contributed by atoms with Gasteiger partial charge in [-0.3, -0.25) is 4.79 Å². The van der Waals surface area contributed by atoms with Crippen molar-refractivity contribution in [3.8, 4) is 5.75 Å². The molecule has 1 atom stereocenters. The summed E-state index contributed by atoms with van der Waals surface area (Å²) in [4.78, 5) is 24.5. The van der Waals surface area contributed by atoms with Gasteiger partial charge in [-0.2, -0.15) is 0 Å². The maximum atomic E-state index is 12.3. The number of methoxy groups -OCH3 is 1. The van der Waals surface area contributed by atoms with Gasteiger partial charge in [-0.05, 0) is 11.6 Å². The maximum absolute atomic E-state index is 12.3. The van der Waals surface area contributed by atoms with E-state index >= 15 is 0 Å². The number of rotatable bonds is 3. The SMILES string of the molecule is COC(=O)C1=C(N)Oc2c(oc(CO)cc2=O)[C@H]1c1ccccc1Cl. The molecule has 0 radical (unpaired) electrons. The van der Waals surface area contributed by atoms with E-state index < -0.39 is 23.9 Å². The van der Waals surface area contributed by atoms with Crippen molar-refractivity contribution in [2.45, 2.75) is 12.5 Å². The lowest BCUT2D eigenvalue weighted by Crippen LogP contribution is -2.29. The molecule has 2 aromatic rings. The number of fused-ring (bicyclic) bond motifs is 1. The number of aliphatic hydroxyl groups is 1. The van der Waals surface area contributed by atoms with E-state index in [1.165, 1.54) is 7.11 Å². The third-order valence-corrected chi connectivity index (χ3v) is 4.13. The van der Waals surface area contributed by atoms with Gasteiger partial charge >= 0.3 is 5.97 Å². The molecule has 0 saturated carbocycles. The van der Waals surface area contributed by atoms with Crippen LogP contribution in [0.4, 0.5) is 0 Å². The lowest BCUT2D eigenvalue weighted by Gasteiger charge is -2.27. The molecule has 1 aliphatic heterocycles. The molecule has 0 amide bonds. The van der Waals surface area contributed by atoms with Crippen LogP contribution in [0.5, 0.6) is 5.75 Å². The predicted molar refractivity (Wildman–Crippen MR) is 88.1 cm³/mol. The van der Waals surface area contributed by atoms with E-state index in [9.17, 15) is 14.7 Å². The van der Waals surface area contributed by atoms with Crippen molar-refractivity contribution in [1.29, 1.82) is 0 Å². The zero-order valence-corrected chi connectivity index (χ0v) is 13.9. The van der Waals surface area contributed by atoms with Crippen LogP contribution in [0.1, 0.15) is 23.0 Å². The smallest absolute Gasteiger partial charge is 0.340 e. The molecule has 2 heterocycles. The number of halogens is 1. The highest BCUT2D eigenvalue weighted by atomic mass is 35.5. The minimum absolute atomic E-state index is 0.0223. The number of hydrogen-bond acceptors (Lipinski definition) is 7. The Balaban J connectivity index is 2.34. The Bertz CT molecular complexity index is 933. The molecule has 1 aromatic carbocycles. The number of benzene rings is 1.